The Morgan fingerprint density at radius 1 is 1.59 bits per heavy atom. The zero-order chi connectivity index (χ0) is 12.3. The molecule has 5 nitrogen and oxygen atoms in total. The van der Waals surface area contributed by atoms with Crippen LogP contribution in [0.4, 0.5) is 0 Å². The number of aliphatic carboxylic acids is 1. The van der Waals surface area contributed by atoms with Gasteiger partial charge in [0.1, 0.15) is 6.04 Å². The Kier molecular flexibility index (Phi) is 3.73. The van der Waals surface area contributed by atoms with E-state index in [0.717, 1.165) is 12.1 Å². The summed E-state index contributed by atoms with van der Waals surface area (Å²) in [5.41, 5.74) is 2.63. The molecule has 0 radical (unpaired) electrons. The maximum atomic E-state index is 11.9. The molecule has 6 heteroatoms. The fraction of sp³-hybridized carbons (Fsp3) is 0.545. The molecule has 0 aliphatic carbocycles. The highest BCUT2D eigenvalue weighted by molar-refractivity contribution is 7.07. The molecule has 2 heterocycles. The zero-order valence-corrected chi connectivity index (χ0v) is 10.2. The van der Waals surface area contributed by atoms with E-state index in [0.29, 0.717) is 25.8 Å². The maximum Gasteiger partial charge on any atom is 0.326 e. The van der Waals surface area contributed by atoms with Crippen LogP contribution < -0.4 is 0 Å². The Labute approximate surface area is 103 Å². The number of carbonyl (C=O) groups excluding carboxylic acids is 1. The number of rotatable bonds is 4. The van der Waals surface area contributed by atoms with Crippen molar-refractivity contribution in [1.29, 1.82) is 0 Å². The number of amides is 1. The Bertz CT molecular complexity index is 405. The highest BCUT2D eigenvalue weighted by Crippen LogP contribution is 2.19. The number of hydrogen-bond acceptors (Lipinski definition) is 4. The summed E-state index contributed by atoms with van der Waals surface area (Å²) >= 11 is 1.50. The van der Waals surface area contributed by atoms with Gasteiger partial charge in [-0.15, -0.1) is 11.3 Å². The van der Waals surface area contributed by atoms with Crippen molar-refractivity contribution in [1.82, 2.24) is 9.88 Å². The molecule has 0 bridgehead atoms. The quantitative estimate of drug-likeness (QED) is 0.875. The van der Waals surface area contributed by atoms with Crippen LogP contribution in [-0.4, -0.2) is 39.5 Å². The van der Waals surface area contributed by atoms with E-state index in [-0.39, 0.29) is 5.91 Å². The lowest BCUT2D eigenvalue weighted by Gasteiger charge is -2.21. The molecule has 1 N–H and O–H groups in total. The topological polar surface area (TPSA) is 70.5 Å². The Morgan fingerprint density at radius 2 is 2.41 bits per heavy atom. The standard InChI is InChI=1S/C11H14N2O3S/c14-10(4-3-8-6-17-7-12-8)13-5-1-2-9(13)11(15)16/h6-7,9H,1-5H2,(H,15,16)/t9-/m0/s1. The Morgan fingerprint density at radius 3 is 3.06 bits per heavy atom. The summed E-state index contributed by atoms with van der Waals surface area (Å²) in [5, 5.41) is 10.9. The van der Waals surface area contributed by atoms with Crippen molar-refractivity contribution in [3.05, 3.63) is 16.6 Å². The van der Waals surface area contributed by atoms with Crippen LogP contribution >= 0.6 is 11.3 Å². The molecule has 1 aromatic heterocycles. The third-order valence-electron chi connectivity index (χ3n) is 2.94. The maximum absolute atomic E-state index is 11.9. The van der Waals surface area contributed by atoms with E-state index in [1.54, 1.807) is 5.51 Å². The summed E-state index contributed by atoms with van der Waals surface area (Å²) in [7, 11) is 0. The second-order valence-electron chi connectivity index (χ2n) is 4.06. The zero-order valence-electron chi connectivity index (χ0n) is 9.33. The third-order valence-corrected chi connectivity index (χ3v) is 3.57. The molecule has 0 saturated carbocycles. The van der Waals surface area contributed by atoms with Crippen LogP contribution in [-0.2, 0) is 16.0 Å². The lowest BCUT2D eigenvalue weighted by molar-refractivity contribution is -0.148. The number of nitrogens with zero attached hydrogens (tertiary/aromatic N) is 2. The SMILES string of the molecule is O=C(O)[C@@H]1CCCN1C(=O)CCc1cscn1. The van der Waals surface area contributed by atoms with Gasteiger partial charge >= 0.3 is 5.97 Å². The van der Waals surface area contributed by atoms with Gasteiger partial charge in [-0.1, -0.05) is 0 Å². The summed E-state index contributed by atoms with van der Waals surface area (Å²) in [6, 6.07) is -0.627. The second-order valence-corrected chi connectivity index (χ2v) is 4.78. The fourth-order valence-electron chi connectivity index (χ4n) is 2.06. The lowest BCUT2D eigenvalue weighted by Crippen LogP contribution is -2.40. The largest absolute Gasteiger partial charge is 0.480 e. The molecule has 1 saturated heterocycles. The molecule has 0 spiro atoms. The number of aryl methyl sites for hydroxylation is 1. The van der Waals surface area contributed by atoms with Crippen LogP contribution in [0.2, 0.25) is 0 Å². The first-order valence-corrected chi connectivity index (χ1v) is 6.52. The number of hydrogen-bond donors (Lipinski definition) is 1. The number of aromatic nitrogens is 1. The van der Waals surface area contributed by atoms with Crippen molar-refractivity contribution >= 4 is 23.2 Å². The van der Waals surface area contributed by atoms with Gasteiger partial charge in [0.05, 0.1) is 11.2 Å². The fourth-order valence-corrected chi connectivity index (χ4v) is 2.65. The summed E-state index contributed by atoms with van der Waals surface area (Å²) in [6.07, 6.45) is 2.27. The third kappa shape index (κ3) is 2.82. The molecule has 1 atom stereocenters. The predicted octanol–water partition coefficient (Wildman–Crippen LogP) is 1.15. The molecule has 1 fully saturated rings. The number of thiazole rings is 1. The predicted molar refractivity (Wildman–Crippen MR) is 62.8 cm³/mol. The Balaban J connectivity index is 1.89. The van der Waals surface area contributed by atoms with Crippen molar-refractivity contribution in [2.75, 3.05) is 6.54 Å². The van der Waals surface area contributed by atoms with E-state index in [1.807, 2.05) is 5.38 Å². The molecule has 0 aromatic carbocycles. The number of carboxylic acid groups (broad SMARTS) is 1. The van der Waals surface area contributed by atoms with E-state index in [2.05, 4.69) is 4.98 Å². The highest BCUT2D eigenvalue weighted by Gasteiger charge is 2.33. The van der Waals surface area contributed by atoms with Gasteiger partial charge in [-0.3, -0.25) is 4.79 Å². The smallest absolute Gasteiger partial charge is 0.326 e. The molecule has 92 valence electrons. The van der Waals surface area contributed by atoms with Crippen molar-refractivity contribution in [3.63, 3.8) is 0 Å². The van der Waals surface area contributed by atoms with Crippen molar-refractivity contribution in [2.45, 2.75) is 31.7 Å². The van der Waals surface area contributed by atoms with E-state index in [1.165, 1.54) is 16.2 Å². The number of carbonyl (C=O) groups is 2. The van der Waals surface area contributed by atoms with Gasteiger partial charge in [-0.25, -0.2) is 9.78 Å². The van der Waals surface area contributed by atoms with Crippen LogP contribution in [0.5, 0.6) is 0 Å². The van der Waals surface area contributed by atoms with E-state index in [4.69, 9.17) is 5.11 Å². The normalized spacial score (nSPS) is 19.5. The molecule has 17 heavy (non-hydrogen) atoms. The van der Waals surface area contributed by atoms with Gasteiger partial charge in [0.15, 0.2) is 0 Å². The molecule has 1 aliphatic rings. The highest BCUT2D eigenvalue weighted by atomic mass is 32.1. The molecular formula is C11H14N2O3S. The molecule has 2 rings (SSSR count). The van der Waals surface area contributed by atoms with Crippen molar-refractivity contribution < 1.29 is 14.7 Å². The van der Waals surface area contributed by atoms with Gasteiger partial charge in [-0.2, -0.15) is 0 Å². The Hall–Kier alpha value is -1.43. The summed E-state index contributed by atoms with van der Waals surface area (Å²) < 4.78 is 0. The van der Waals surface area contributed by atoms with Crippen LogP contribution in [0.25, 0.3) is 0 Å². The van der Waals surface area contributed by atoms with Gasteiger partial charge in [0.2, 0.25) is 5.91 Å². The van der Waals surface area contributed by atoms with Crippen molar-refractivity contribution in [2.24, 2.45) is 0 Å². The van der Waals surface area contributed by atoms with Gasteiger partial charge in [0, 0.05) is 18.3 Å². The minimum atomic E-state index is -0.899. The molecule has 0 unspecified atom stereocenters. The average molecular weight is 254 g/mol. The van der Waals surface area contributed by atoms with Crippen LogP contribution in [0, 0.1) is 0 Å². The molecular weight excluding hydrogens is 240 g/mol. The van der Waals surface area contributed by atoms with Crippen LogP contribution in [0.3, 0.4) is 0 Å². The first-order chi connectivity index (χ1) is 8.18. The number of likely N-dealkylation sites (tertiary alicyclic amines) is 1. The van der Waals surface area contributed by atoms with Gasteiger partial charge in [0.25, 0.3) is 0 Å². The van der Waals surface area contributed by atoms with E-state index < -0.39 is 12.0 Å². The van der Waals surface area contributed by atoms with E-state index >= 15 is 0 Å². The summed E-state index contributed by atoms with van der Waals surface area (Å²) in [4.78, 5) is 28.4. The number of carboxylic acids is 1. The minimum absolute atomic E-state index is 0.0806. The van der Waals surface area contributed by atoms with Crippen LogP contribution in [0.15, 0.2) is 10.9 Å². The second kappa shape index (κ2) is 5.27. The van der Waals surface area contributed by atoms with E-state index in [9.17, 15) is 9.59 Å². The minimum Gasteiger partial charge on any atom is -0.480 e. The monoisotopic (exact) mass is 254 g/mol. The summed E-state index contributed by atoms with van der Waals surface area (Å²) in [6.45, 7) is 0.562. The summed E-state index contributed by atoms with van der Waals surface area (Å²) in [5.74, 6) is -0.979. The molecule has 1 aliphatic heterocycles. The average Bonchev–Trinajstić information content (AvgIpc) is 2.96. The van der Waals surface area contributed by atoms with Gasteiger partial charge in [-0.05, 0) is 19.3 Å². The molecule has 1 aromatic rings. The first kappa shape index (κ1) is 12.0. The first-order valence-electron chi connectivity index (χ1n) is 5.58. The van der Waals surface area contributed by atoms with Crippen LogP contribution in [0.1, 0.15) is 25.0 Å². The lowest BCUT2D eigenvalue weighted by atomic mass is 10.2. The molecule has 1 amide bonds. The van der Waals surface area contributed by atoms with Gasteiger partial charge < -0.3 is 10.0 Å². The van der Waals surface area contributed by atoms with Crippen molar-refractivity contribution in [3.8, 4) is 0 Å².